The Morgan fingerprint density at radius 2 is 1.79 bits per heavy atom. The van der Waals surface area contributed by atoms with Gasteiger partial charge in [-0.2, -0.15) is 0 Å². The van der Waals surface area contributed by atoms with Crippen LogP contribution in [0, 0.1) is 31.1 Å². The second kappa shape index (κ2) is 8.35. The van der Waals surface area contributed by atoms with Crippen molar-refractivity contribution in [2.75, 3.05) is 27.7 Å². The van der Waals surface area contributed by atoms with Crippen molar-refractivity contribution in [3.8, 4) is 5.75 Å². The van der Waals surface area contributed by atoms with E-state index >= 15 is 0 Å². The van der Waals surface area contributed by atoms with Crippen LogP contribution in [0.15, 0.2) is 24.3 Å². The third kappa shape index (κ3) is 3.94. The Hall–Kier alpha value is -1.06. The van der Waals surface area contributed by atoms with E-state index in [0.717, 1.165) is 30.2 Å². The van der Waals surface area contributed by atoms with Crippen molar-refractivity contribution in [2.24, 2.45) is 0 Å². The molecule has 1 aliphatic rings. The first-order chi connectivity index (χ1) is 11.5. The highest BCUT2D eigenvalue weighted by Gasteiger charge is 2.48. The Kier molecular flexibility index (Phi) is 6.70. The highest BCUT2D eigenvalue weighted by Crippen LogP contribution is 2.50. The van der Waals surface area contributed by atoms with E-state index in [4.69, 9.17) is 4.74 Å². The maximum absolute atomic E-state index is 11.7. The summed E-state index contributed by atoms with van der Waals surface area (Å²) >= 11 is 0. The Morgan fingerprint density at radius 1 is 1.12 bits per heavy atom. The Morgan fingerprint density at radius 3 is 2.29 bits per heavy atom. The van der Waals surface area contributed by atoms with Crippen LogP contribution in [0.25, 0.3) is 0 Å². The van der Waals surface area contributed by atoms with Gasteiger partial charge in [0.05, 0.1) is 12.7 Å². The molecule has 0 aromatic heterocycles. The standard InChI is InChI=1S/C21H30NO2/c1-6-19(16-11-13-18(24-5)14-12-16)21(23,7-2)20-10-8-9-17(20)15-22(3)4/h8-14,19,23H,6-7,15H2,1-5H3/t19-,21+/m0/s1. The summed E-state index contributed by atoms with van der Waals surface area (Å²) in [6.45, 7) is 5.05. The van der Waals surface area contributed by atoms with Crippen LogP contribution in [0.5, 0.6) is 5.75 Å². The number of rotatable bonds is 8. The molecule has 0 amide bonds. The fraction of sp³-hybridized carbons (Fsp3) is 0.476. The average molecular weight is 328 g/mol. The van der Waals surface area contributed by atoms with Crippen LogP contribution >= 0.6 is 0 Å². The van der Waals surface area contributed by atoms with Crippen LogP contribution in [-0.4, -0.2) is 43.4 Å². The molecule has 0 spiro atoms. The minimum Gasteiger partial charge on any atom is -0.497 e. The van der Waals surface area contributed by atoms with Gasteiger partial charge in [0.2, 0.25) is 0 Å². The highest BCUT2D eigenvalue weighted by atomic mass is 16.5. The molecule has 3 heteroatoms. The van der Waals surface area contributed by atoms with E-state index in [1.165, 1.54) is 5.92 Å². The van der Waals surface area contributed by atoms with Gasteiger partial charge in [-0.1, -0.05) is 26.0 Å². The molecule has 1 aromatic rings. The molecule has 131 valence electrons. The molecule has 1 aromatic carbocycles. The van der Waals surface area contributed by atoms with Gasteiger partial charge in [-0.15, -0.1) is 0 Å². The number of aliphatic hydroxyl groups is 1. The van der Waals surface area contributed by atoms with Crippen LogP contribution in [0.3, 0.4) is 0 Å². The largest absolute Gasteiger partial charge is 0.497 e. The fourth-order valence-electron chi connectivity index (χ4n) is 3.67. The lowest BCUT2D eigenvalue weighted by Gasteiger charge is -2.42. The molecule has 1 aliphatic carbocycles. The van der Waals surface area contributed by atoms with Gasteiger partial charge in [0.25, 0.3) is 0 Å². The van der Waals surface area contributed by atoms with Gasteiger partial charge >= 0.3 is 0 Å². The van der Waals surface area contributed by atoms with Crippen molar-refractivity contribution in [2.45, 2.75) is 38.2 Å². The Labute approximate surface area is 148 Å². The summed E-state index contributed by atoms with van der Waals surface area (Å²) in [4.78, 5) is 2.14. The normalized spacial score (nSPS) is 20.3. The number of ether oxygens (including phenoxy) is 1. The van der Waals surface area contributed by atoms with E-state index in [-0.39, 0.29) is 5.92 Å². The van der Waals surface area contributed by atoms with Crippen molar-refractivity contribution >= 4 is 0 Å². The number of hydrogen-bond donors (Lipinski definition) is 1. The van der Waals surface area contributed by atoms with Gasteiger partial charge in [-0.05, 0) is 63.9 Å². The highest BCUT2D eigenvalue weighted by molar-refractivity contribution is 5.51. The molecule has 2 rings (SSSR count). The molecule has 0 aliphatic heterocycles. The zero-order valence-corrected chi connectivity index (χ0v) is 15.5. The molecule has 2 atom stereocenters. The second-order valence-electron chi connectivity index (χ2n) is 6.71. The molecule has 0 heterocycles. The number of nitrogens with zero attached hydrogens (tertiary/aromatic N) is 1. The summed E-state index contributed by atoms with van der Waals surface area (Å²) in [5.41, 5.74) is 0.290. The lowest BCUT2D eigenvalue weighted by atomic mass is 9.67. The van der Waals surface area contributed by atoms with Crippen molar-refractivity contribution in [3.05, 3.63) is 60.9 Å². The number of benzene rings is 1. The first kappa shape index (κ1) is 19.3. The van der Waals surface area contributed by atoms with Crippen molar-refractivity contribution in [1.29, 1.82) is 0 Å². The maximum Gasteiger partial charge on any atom is 0.118 e. The zero-order chi connectivity index (χ0) is 17.7. The molecule has 0 bridgehead atoms. The summed E-state index contributed by atoms with van der Waals surface area (Å²) in [5, 5.41) is 11.7. The van der Waals surface area contributed by atoms with Crippen molar-refractivity contribution < 1.29 is 9.84 Å². The van der Waals surface area contributed by atoms with Gasteiger partial charge in [-0.25, -0.2) is 0 Å². The smallest absolute Gasteiger partial charge is 0.118 e. The average Bonchev–Trinajstić information content (AvgIpc) is 3.03. The molecule has 24 heavy (non-hydrogen) atoms. The fourth-order valence-corrected chi connectivity index (χ4v) is 3.67. The molecular weight excluding hydrogens is 298 g/mol. The summed E-state index contributed by atoms with van der Waals surface area (Å²) < 4.78 is 5.26. The van der Waals surface area contributed by atoms with Gasteiger partial charge in [0.15, 0.2) is 0 Å². The summed E-state index contributed by atoms with van der Waals surface area (Å²) in [7, 11) is 5.79. The SMILES string of the molecule is CC[C@@H](c1ccc(OC)cc1)[C@](O)(CC)[C]1[CH][CH][CH][C]1CN(C)C. The molecule has 3 nitrogen and oxygen atoms in total. The van der Waals surface area contributed by atoms with Crippen LogP contribution < -0.4 is 4.74 Å². The van der Waals surface area contributed by atoms with Crippen LogP contribution in [0.1, 0.15) is 38.2 Å². The molecule has 0 saturated heterocycles. The second-order valence-corrected chi connectivity index (χ2v) is 6.71. The first-order valence-electron chi connectivity index (χ1n) is 8.72. The molecule has 5 radical (unpaired) electrons. The molecule has 1 fully saturated rings. The van der Waals surface area contributed by atoms with E-state index in [0.29, 0.717) is 6.42 Å². The third-order valence-corrected chi connectivity index (χ3v) is 4.90. The topological polar surface area (TPSA) is 32.7 Å². The summed E-state index contributed by atoms with van der Waals surface area (Å²) in [6.07, 6.45) is 7.81. The van der Waals surface area contributed by atoms with E-state index < -0.39 is 5.60 Å². The molecule has 0 unspecified atom stereocenters. The van der Waals surface area contributed by atoms with Gasteiger partial charge in [0, 0.05) is 24.3 Å². The number of methoxy groups -OCH3 is 1. The zero-order valence-electron chi connectivity index (χ0n) is 15.5. The predicted molar refractivity (Wildman–Crippen MR) is 99.2 cm³/mol. The molecular formula is C21H30NO2. The van der Waals surface area contributed by atoms with Crippen LogP contribution in [0.4, 0.5) is 0 Å². The van der Waals surface area contributed by atoms with Crippen LogP contribution in [0.2, 0.25) is 0 Å². The lowest BCUT2D eigenvalue weighted by molar-refractivity contribution is 0.0247. The van der Waals surface area contributed by atoms with Crippen molar-refractivity contribution in [3.63, 3.8) is 0 Å². The minimum atomic E-state index is -0.863. The maximum atomic E-state index is 11.7. The molecule has 1 saturated carbocycles. The Bertz CT molecular complexity index is 499. The monoisotopic (exact) mass is 328 g/mol. The lowest BCUT2D eigenvalue weighted by Crippen LogP contribution is -2.44. The third-order valence-electron chi connectivity index (χ3n) is 4.90. The van der Waals surface area contributed by atoms with Gasteiger partial charge in [-0.3, -0.25) is 0 Å². The van der Waals surface area contributed by atoms with Gasteiger partial charge < -0.3 is 14.7 Å². The molecule has 1 N–H and O–H groups in total. The van der Waals surface area contributed by atoms with E-state index in [1.807, 2.05) is 12.1 Å². The van der Waals surface area contributed by atoms with E-state index in [2.05, 4.69) is 64.2 Å². The summed E-state index contributed by atoms with van der Waals surface area (Å²) in [6, 6.07) is 8.09. The van der Waals surface area contributed by atoms with Crippen LogP contribution in [-0.2, 0) is 0 Å². The van der Waals surface area contributed by atoms with Gasteiger partial charge in [0.1, 0.15) is 5.75 Å². The summed E-state index contributed by atoms with van der Waals surface area (Å²) in [5.74, 6) is 3.16. The Balaban J connectivity index is 2.30. The van der Waals surface area contributed by atoms with Crippen molar-refractivity contribution in [1.82, 2.24) is 4.90 Å². The minimum absolute atomic E-state index is 0.0525. The van der Waals surface area contributed by atoms with E-state index in [9.17, 15) is 5.11 Å². The quantitative estimate of drug-likeness (QED) is 0.790. The first-order valence-corrected chi connectivity index (χ1v) is 8.72. The predicted octanol–water partition coefficient (Wildman–Crippen LogP) is 3.67. The number of hydrogen-bond acceptors (Lipinski definition) is 3. The van der Waals surface area contributed by atoms with E-state index in [1.54, 1.807) is 7.11 Å².